The third-order valence-corrected chi connectivity index (χ3v) is 3.13. The van der Waals surface area contributed by atoms with Gasteiger partial charge in [-0.2, -0.15) is 0 Å². The maximum atomic E-state index is 13.0. The second-order valence-corrected chi connectivity index (χ2v) is 4.91. The number of benzene rings is 1. The van der Waals surface area contributed by atoms with Crippen LogP contribution in [0.25, 0.3) is 0 Å². The molecule has 0 aliphatic carbocycles. The number of aliphatic hydroxyl groups is 1. The van der Waals surface area contributed by atoms with Crippen molar-refractivity contribution >= 4 is 11.6 Å². The highest BCUT2D eigenvalue weighted by Gasteiger charge is 2.18. The first kappa shape index (κ1) is 16.5. The second-order valence-electron chi connectivity index (χ2n) is 4.91. The lowest BCUT2D eigenvalue weighted by Gasteiger charge is -2.24. The molecule has 2 unspecified atom stereocenters. The van der Waals surface area contributed by atoms with E-state index < -0.39 is 23.8 Å². The Morgan fingerprint density at radius 1 is 1.35 bits per heavy atom. The van der Waals surface area contributed by atoms with E-state index in [2.05, 4.69) is 5.32 Å². The van der Waals surface area contributed by atoms with Crippen LogP contribution < -0.4 is 5.32 Å². The Morgan fingerprint density at radius 2 is 2.00 bits per heavy atom. The van der Waals surface area contributed by atoms with Crippen molar-refractivity contribution in [1.29, 1.82) is 0 Å². The summed E-state index contributed by atoms with van der Waals surface area (Å²) in [7, 11) is 1.76. The molecular weight excluding hydrogens is 266 g/mol. The van der Waals surface area contributed by atoms with Crippen molar-refractivity contribution in [2.75, 3.05) is 18.9 Å². The molecule has 0 saturated carbocycles. The minimum atomic E-state index is -1.00. The zero-order valence-corrected chi connectivity index (χ0v) is 11.9. The number of carbonyl (C=O) groups is 1. The average molecular weight is 286 g/mol. The third-order valence-electron chi connectivity index (χ3n) is 3.13. The Kier molecular flexibility index (Phi) is 6.04. The standard InChI is InChI=1S/C14H20F2N2O2/c1-9(19)6-7-18(3)10(2)14(20)17-11-4-5-12(15)13(16)8-11/h4-5,8-10,19H,6-7H2,1-3H3,(H,17,20). The SMILES string of the molecule is CC(O)CCN(C)C(C)C(=O)Nc1ccc(F)c(F)c1. The number of likely N-dealkylation sites (N-methyl/N-ethyl adjacent to an activating group) is 1. The molecule has 0 saturated heterocycles. The lowest BCUT2D eigenvalue weighted by Crippen LogP contribution is -2.40. The van der Waals surface area contributed by atoms with Crippen molar-refractivity contribution < 1.29 is 18.7 Å². The van der Waals surface area contributed by atoms with Crippen LogP contribution in [-0.4, -0.2) is 41.7 Å². The molecule has 1 aromatic rings. The van der Waals surface area contributed by atoms with Gasteiger partial charge < -0.3 is 10.4 Å². The van der Waals surface area contributed by atoms with Gasteiger partial charge in [0.25, 0.3) is 0 Å². The monoisotopic (exact) mass is 286 g/mol. The molecule has 2 N–H and O–H groups in total. The van der Waals surface area contributed by atoms with E-state index in [1.807, 2.05) is 0 Å². The second kappa shape index (κ2) is 7.31. The van der Waals surface area contributed by atoms with E-state index in [-0.39, 0.29) is 11.6 Å². The first-order valence-electron chi connectivity index (χ1n) is 6.45. The molecule has 1 aromatic carbocycles. The van der Waals surface area contributed by atoms with Gasteiger partial charge in [0.1, 0.15) is 0 Å². The van der Waals surface area contributed by atoms with Crippen LogP contribution in [0.15, 0.2) is 18.2 Å². The number of aliphatic hydroxyl groups excluding tert-OH is 1. The Bertz CT molecular complexity index is 466. The Hall–Kier alpha value is -1.53. The van der Waals surface area contributed by atoms with E-state index in [0.717, 1.165) is 12.1 Å². The summed E-state index contributed by atoms with van der Waals surface area (Å²) in [5.74, 6) is -2.27. The fraction of sp³-hybridized carbons (Fsp3) is 0.500. The Labute approximate surface area is 117 Å². The molecule has 6 heteroatoms. The van der Waals surface area contributed by atoms with Crippen molar-refractivity contribution in [3.63, 3.8) is 0 Å². The average Bonchev–Trinajstić information content (AvgIpc) is 2.39. The topological polar surface area (TPSA) is 52.6 Å². The summed E-state index contributed by atoms with van der Waals surface area (Å²) in [6.07, 6.45) is 0.123. The van der Waals surface area contributed by atoms with Crippen LogP contribution in [-0.2, 0) is 4.79 Å². The molecule has 0 aliphatic rings. The maximum Gasteiger partial charge on any atom is 0.241 e. The van der Waals surface area contributed by atoms with Gasteiger partial charge in [0, 0.05) is 18.3 Å². The van der Waals surface area contributed by atoms with Crippen LogP contribution in [0, 0.1) is 11.6 Å². The van der Waals surface area contributed by atoms with Gasteiger partial charge in [-0.15, -0.1) is 0 Å². The molecule has 0 aromatic heterocycles. The quantitative estimate of drug-likeness (QED) is 0.841. The fourth-order valence-electron chi connectivity index (χ4n) is 1.60. The van der Waals surface area contributed by atoms with Crippen LogP contribution in [0.3, 0.4) is 0 Å². The van der Waals surface area contributed by atoms with E-state index >= 15 is 0 Å². The summed E-state index contributed by atoms with van der Waals surface area (Å²) in [6, 6.07) is 2.77. The van der Waals surface area contributed by atoms with E-state index in [1.165, 1.54) is 6.07 Å². The summed E-state index contributed by atoms with van der Waals surface area (Å²) in [4.78, 5) is 13.7. The van der Waals surface area contributed by atoms with Crippen molar-refractivity contribution in [2.24, 2.45) is 0 Å². The summed E-state index contributed by atoms with van der Waals surface area (Å²) in [5, 5.41) is 11.7. The van der Waals surface area contributed by atoms with Crippen LogP contribution in [0.5, 0.6) is 0 Å². The van der Waals surface area contributed by atoms with Crippen molar-refractivity contribution in [3.05, 3.63) is 29.8 Å². The molecule has 0 aliphatic heterocycles. The Morgan fingerprint density at radius 3 is 2.55 bits per heavy atom. The van der Waals surface area contributed by atoms with Crippen molar-refractivity contribution in [3.8, 4) is 0 Å². The first-order valence-corrected chi connectivity index (χ1v) is 6.45. The molecule has 112 valence electrons. The van der Waals surface area contributed by atoms with Crippen molar-refractivity contribution in [2.45, 2.75) is 32.4 Å². The molecule has 0 fully saturated rings. The summed E-state index contributed by atoms with van der Waals surface area (Å²) >= 11 is 0. The summed E-state index contributed by atoms with van der Waals surface area (Å²) in [6.45, 7) is 3.95. The number of nitrogens with zero attached hydrogens (tertiary/aromatic N) is 1. The molecular formula is C14H20F2N2O2. The van der Waals surface area contributed by atoms with E-state index in [4.69, 9.17) is 0 Å². The van der Waals surface area contributed by atoms with Gasteiger partial charge in [-0.1, -0.05) is 0 Å². The molecule has 0 spiro atoms. The zero-order valence-electron chi connectivity index (χ0n) is 11.9. The smallest absolute Gasteiger partial charge is 0.241 e. The molecule has 2 atom stereocenters. The van der Waals surface area contributed by atoms with E-state index in [0.29, 0.717) is 13.0 Å². The van der Waals surface area contributed by atoms with Crippen LogP contribution >= 0.6 is 0 Å². The molecule has 0 bridgehead atoms. The minimum Gasteiger partial charge on any atom is -0.393 e. The van der Waals surface area contributed by atoms with Crippen molar-refractivity contribution in [1.82, 2.24) is 4.90 Å². The van der Waals surface area contributed by atoms with Gasteiger partial charge in [0.05, 0.1) is 12.1 Å². The first-order chi connectivity index (χ1) is 9.31. The molecule has 0 radical (unpaired) electrons. The number of rotatable bonds is 6. The van der Waals surface area contributed by atoms with Gasteiger partial charge in [-0.3, -0.25) is 9.69 Å². The minimum absolute atomic E-state index is 0.213. The zero-order chi connectivity index (χ0) is 15.3. The van der Waals surface area contributed by atoms with Gasteiger partial charge in [-0.05, 0) is 39.4 Å². The predicted molar refractivity (Wildman–Crippen MR) is 73.4 cm³/mol. The third kappa shape index (κ3) is 4.86. The number of carbonyl (C=O) groups excluding carboxylic acids is 1. The van der Waals surface area contributed by atoms with Gasteiger partial charge in [0.15, 0.2) is 11.6 Å². The number of halogens is 2. The normalized spacial score (nSPS) is 14.2. The van der Waals surface area contributed by atoms with Crippen LogP contribution in [0.2, 0.25) is 0 Å². The van der Waals surface area contributed by atoms with Crippen LogP contribution in [0.1, 0.15) is 20.3 Å². The number of hydrogen-bond donors (Lipinski definition) is 2. The molecule has 4 nitrogen and oxygen atoms in total. The molecule has 20 heavy (non-hydrogen) atoms. The molecule has 1 rings (SSSR count). The molecule has 0 heterocycles. The lowest BCUT2D eigenvalue weighted by atomic mass is 10.2. The van der Waals surface area contributed by atoms with Gasteiger partial charge in [0.2, 0.25) is 5.91 Å². The van der Waals surface area contributed by atoms with Gasteiger partial charge >= 0.3 is 0 Å². The highest BCUT2D eigenvalue weighted by molar-refractivity contribution is 5.94. The summed E-state index contributed by atoms with van der Waals surface area (Å²) < 4.78 is 25.8. The fourth-order valence-corrected chi connectivity index (χ4v) is 1.60. The number of anilines is 1. The van der Waals surface area contributed by atoms with Crippen LogP contribution in [0.4, 0.5) is 14.5 Å². The Balaban J connectivity index is 2.58. The highest BCUT2D eigenvalue weighted by atomic mass is 19.2. The highest BCUT2D eigenvalue weighted by Crippen LogP contribution is 2.14. The summed E-state index contributed by atoms with van der Waals surface area (Å²) in [5.41, 5.74) is 0.213. The van der Waals surface area contributed by atoms with E-state index in [9.17, 15) is 18.7 Å². The molecule has 1 amide bonds. The maximum absolute atomic E-state index is 13.0. The number of amides is 1. The largest absolute Gasteiger partial charge is 0.393 e. The van der Waals surface area contributed by atoms with Gasteiger partial charge in [-0.25, -0.2) is 8.78 Å². The predicted octanol–water partition coefficient (Wildman–Crippen LogP) is 1.99. The van der Waals surface area contributed by atoms with E-state index in [1.54, 1.807) is 25.8 Å². The lowest BCUT2D eigenvalue weighted by molar-refractivity contribution is -0.120. The number of nitrogens with one attached hydrogen (secondary N) is 1. The number of hydrogen-bond acceptors (Lipinski definition) is 3.